The van der Waals surface area contributed by atoms with E-state index in [0.29, 0.717) is 0 Å². The van der Waals surface area contributed by atoms with Crippen molar-refractivity contribution in [3.8, 4) is 0 Å². The van der Waals surface area contributed by atoms with Crippen molar-refractivity contribution in [1.29, 1.82) is 0 Å². The minimum atomic E-state index is -2.98. The van der Waals surface area contributed by atoms with Gasteiger partial charge in [0.25, 0.3) is 0 Å². The molecule has 0 aliphatic rings. The summed E-state index contributed by atoms with van der Waals surface area (Å²) in [5.41, 5.74) is -0.778. The number of hydrogen-bond donors (Lipinski definition) is 0. The van der Waals surface area contributed by atoms with E-state index in [1.54, 1.807) is 6.92 Å². The highest BCUT2D eigenvalue weighted by atomic mass is 31.2. The average Bonchev–Trinajstić information content (AvgIpc) is 1.99. The zero-order valence-electron chi connectivity index (χ0n) is 9.07. The van der Waals surface area contributed by atoms with Crippen molar-refractivity contribution in [2.75, 3.05) is 13.3 Å². The van der Waals surface area contributed by atoms with E-state index in [4.69, 9.17) is 4.52 Å². The third-order valence-electron chi connectivity index (χ3n) is 1.90. The van der Waals surface area contributed by atoms with E-state index in [1.165, 1.54) is 20.5 Å². The molecule has 0 rings (SSSR count). The van der Waals surface area contributed by atoms with Gasteiger partial charge in [0.1, 0.15) is 17.2 Å². The summed E-state index contributed by atoms with van der Waals surface area (Å²) in [7, 11) is -2.98. The lowest BCUT2D eigenvalue weighted by atomic mass is 10.2. The van der Waals surface area contributed by atoms with Gasteiger partial charge in [-0.25, -0.2) is 0 Å². The van der Waals surface area contributed by atoms with Crippen molar-refractivity contribution in [2.45, 2.75) is 32.9 Å². The maximum absolute atomic E-state index is 11.9. The lowest BCUT2D eigenvalue weighted by Crippen LogP contribution is -2.22. The quantitative estimate of drug-likeness (QED) is 0.641. The van der Waals surface area contributed by atoms with Gasteiger partial charge in [0.05, 0.1) is 6.61 Å². The highest BCUT2D eigenvalue weighted by molar-refractivity contribution is 7.60. The monoisotopic (exact) mass is 220 g/mol. The fraction of sp³-hybridized carbons (Fsp3) is 0.778. The largest absolute Gasteiger partial charge is 0.328 e. The molecule has 0 amide bonds. The molecule has 0 aromatic carbocycles. The Labute approximate surface area is 84.5 Å². The second kappa shape index (κ2) is 5.42. The fourth-order valence-electron chi connectivity index (χ4n) is 1.26. The minimum Gasteiger partial charge on any atom is -0.328 e. The van der Waals surface area contributed by atoms with Gasteiger partial charge in [0.2, 0.25) is 7.37 Å². The van der Waals surface area contributed by atoms with E-state index in [0.717, 1.165) is 0 Å². The van der Waals surface area contributed by atoms with Crippen molar-refractivity contribution >= 4 is 18.9 Å². The first kappa shape index (κ1) is 13.5. The van der Waals surface area contributed by atoms with Crippen LogP contribution in [0, 0.1) is 0 Å². The smallest absolute Gasteiger partial charge is 0.210 e. The van der Waals surface area contributed by atoms with Gasteiger partial charge in [-0.2, -0.15) is 0 Å². The van der Waals surface area contributed by atoms with Gasteiger partial charge in [0.15, 0.2) is 0 Å². The molecule has 0 aliphatic heterocycles. The molecule has 0 heterocycles. The Bertz CT molecular complexity index is 272. The topological polar surface area (TPSA) is 60.4 Å². The van der Waals surface area contributed by atoms with Crippen LogP contribution in [0.4, 0.5) is 0 Å². The highest BCUT2D eigenvalue weighted by Gasteiger charge is 2.33. The normalized spacial score (nSPS) is 17.1. The summed E-state index contributed by atoms with van der Waals surface area (Å²) in [6, 6.07) is 0. The molecule has 2 unspecified atom stereocenters. The van der Waals surface area contributed by atoms with Crippen molar-refractivity contribution in [2.24, 2.45) is 0 Å². The number of ketones is 2. The van der Waals surface area contributed by atoms with Crippen LogP contribution in [0.1, 0.15) is 27.2 Å². The molecule has 2 atom stereocenters. The third kappa shape index (κ3) is 4.16. The second-order valence-electron chi connectivity index (χ2n) is 3.36. The molecule has 0 N–H and O–H groups in total. The van der Waals surface area contributed by atoms with E-state index in [2.05, 4.69) is 0 Å². The van der Waals surface area contributed by atoms with Crippen LogP contribution in [0.3, 0.4) is 0 Å². The molecule has 4 nitrogen and oxygen atoms in total. The molecule has 0 spiro atoms. The lowest BCUT2D eigenvalue weighted by molar-refractivity contribution is -0.122. The van der Waals surface area contributed by atoms with E-state index >= 15 is 0 Å². The van der Waals surface area contributed by atoms with Crippen molar-refractivity contribution in [3.05, 3.63) is 0 Å². The second-order valence-corrected chi connectivity index (χ2v) is 6.06. The Balaban J connectivity index is 4.72. The lowest BCUT2D eigenvalue weighted by Gasteiger charge is -2.20. The number of Topliss-reactive ketones (excluding diaryl/α,β-unsaturated/α-hetero) is 2. The number of hydrogen-bond acceptors (Lipinski definition) is 4. The van der Waals surface area contributed by atoms with Crippen LogP contribution in [0.2, 0.25) is 0 Å². The number of carbonyl (C=O) groups excluding carboxylic acids is 2. The SMILES string of the molecule is CCOP(C)(=O)C(CC(C)=O)C(C)=O. The molecule has 0 bridgehead atoms. The Kier molecular flexibility index (Phi) is 5.24. The molecule has 14 heavy (non-hydrogen) atoms. The first-order chi connectivity index (χ1) is 6.31. The molecule has 82 valence electrons. The Morgan fingerprint density at radius 2 is 1.86 bits per heavy atom. The Morgan fingerprint density at radius 1 is 1.36 bits per heavy atom. The van der Waals surface area contributed by atoms with Crippen LogP contribution in [0.25, 0.3) is 0 Å². The van der Waals surface area contributed by atoms with Gasteiger partial charge in [-0.1, -0.05) is 0 Å². The zero-order valence-corrected chi connectivity index (χ0v) is 9.97. The average molecular weight is 220 g/mol. The molecular formula is C9H17O4P. The molecule has 0 aliphatic carbocycles. The summed E-state index contributed by atoms with van der Waals surface area (Å²) in [5.74, 6) is -0.397. The number of carbonyl (C=O) groups is 2. The maximum atomic E-state index is 11.9. The van der Waals surface area contributed by atoms with Gasteiger partial charge in [-0.05, 0) is 20.8 Å². The Hall–Kier alpha value is -0.470. The molecule has 0 fully saturated rings. The van der Waals surface area contributed by atoms with Gasteiger partial charge >= 0.3 is 0 Å². The zero-order chi connectivity index (χ0) is 11.4. The van der Waals surface area contributed by atoms with Crippen molar-refractivity contribution in [3.63, 3.8) is 0 Å². The number of rotatable bonds is 6. The van der Waals surface area contributed by atoms with Gasteiger partial charge in [-0.15, -0.1) is 0 Å². The van der Waals surface area contributed by atoms with Crippen LogP contribution in [-0.2, 0) is 18.7 Å². The Morgan fingerprint density at radius 3 is 2.14 bits per heavy atom. The van der Waals surface area contributed by atoms with Gasteiger partial charge in [-0.3, -0.25) is 14.2 Å². The summed E-state index contributed by atoms with van der Waals surface area (Å²) >= 11 is 0. The van der Waals surface area contributed by atoms with E-state index < -0.39 is 13.0 Å². The first-order valence-corrected chi connectivity index (χ1v) is 6.67. The van der Waals surface area contributed by atoms with Crippen LogP contribution in [0.15, 0.2) is 0 Å². The van der Waals surface area contributed by atoms with E-state index in [1.807, 2.05) is 0 Å². The van der Waals surface area contributed by atoms with E-state index in [9.17, 15) is 14.2 Å². The predicted octanol–water partition coefficient (Wildman–Crippen LogP) is 1.87. The van der Waals surface area contributed by atoms with Crippen LogP contribution in [-0.4, -0.2) is 30.5 Å². The maximum Gasteiger partial charge on any atom is 0.210 e. The summed E-state index contributed by atoms with van der Waals surface area (Å²) in [4.78, 5) is 22.1. The molecule has 0 saturated carbocycles. The van der Waals surface area contributed by atoms with Crippen LogP contribution >= 0.6 is 7.37 Å². The molecule has 0 aromatic heterocycles. The third-order valence-corrected chi connectivity index (χ3v) is 4.35. The first-order valence-electron chi connectivity index (χ1n) is 4.53. The predicted molar refractivity (Wildman–Crippen MR) is 54.9 cm³/mol. The van der Waals surface area contributed by atoms with Crippen molar-refractivity contribution < 1.29 is 18.7 Å². The summed E-state index contributed by atoms with van der Waals surface area (Å²) in [6.45, 7) is 6.12. The van der Waals surface area contributed by atoms with Crippen molar-refractivity contribution in [1.82, 2.24) is 0 Å². The minimum absolute atomic E-state index is 0.00309. The van der Waals surface area contributed by atoms with Crippen LogP contribution in [0.5, 0.6) is 0 Å². The highest BCUT2D eigenvalue weighted by Crippen LogP contribution is 2.49. The summed E-state index contributed by atoms with van der Waals surface area (Å²) in [6.07, 6.45) is 0.00309. The van der Waals surface area contributed by atoms with E-state index in [-0.39, 0.29) is 24.6 Å². The van der Waals surface area contributed by atoms with Crippen LogP contribution < -0.4 is 0 Å². The standard InChI is InChI=1S/C9H17O4P/c1-5-13-14(4,12)9(8(3)11)6-7(2)10/h9H,5-6H2,1-4H3. The summed E-state index contributed by atoms with van der Waals surface area (Å²) in [5, 5.41) is 0. The molecule has 0 aromatic rings. The van der Waals surface area contributed by atoms with Gasteiger partial charge in [0, 0.05) is 13.1 Å². The summed E-state index contributed by atoms with van der Waals surface area (Å²) < 4.78 is 16.9. The molecule has 5 heteroatoms. The van der Waals surface area contributed by atoms with Gasteiger partial charge < -0.3 is 4.52 Å². The molecule has 0 saturated heterocycles. The molecule has 0 radical (unpaired) electrons. The fourth-order valence-corrected chi connectivity index (χ4v) is 3.20. The molecular weight excluding hydrogens is 203 g/mol.